The lowest BCUT2D eigenvalue weighted by Crippen LogP contribution is -2.38. The number of aromatic nitrogens is 4. The molecule has 1 saturated carbocycles. The Morgan fingerprint density at radius 3 is 2.51 bits per heavy atom. The van der Waals surface area contributed by atoms with Crippen molar-refractivity contribution in [3.63, 3.8) is 0 Å². The minimum atomic E-state index is -0.603. The van der Waals surface area contributed by atoms with Crippen LogP contribution in [0.4, 0.5) is 17.6 Å². The lowest BCUT2D eigenvalue weighted by Gasteiger charge is -2.29. The highest BCUT2D eigenvalue weighted by molar-refractivity contribution is 6.00. The Kier molecular flexibility index (Phi) is 8.55. The van der Waals surface area contributed by atoms with Crippen molar-refractivity contribution in [2.75, 3.05) is 50.6 Å². The summed E-state index contributed by atoms with van der Waals surface area (Å²) >= 11 is 0. The summed E-state index contributed by atoms with van der Waals surface area (Å²) in [6.07, 6.45) is 4.52. The van der Waals surface area contributed by atoms with Gasteiger partial charge in [0.05, 0.1) is 29.0 Å². The third-order valence-electron chi connectivity index (χ3n) is 7.14. The number of fused-ring (bicyclic) bond motifs is 1. The fourth-order valence-corrected chi connectivity index (χ4v) is 4.88. The van der Waals surface area contributed by atoms with Crippen molar-refractivity contribution >= 4 is 29.6 Å². The third-order valence-corrected chi connectivity index (χ3v) is 7.14. The smallest absolute Gasteiger partial charge is 0.247 e. The van der Waals surface area contributed by atoms with E-state index in [1.165, 1.54) is 0 Å². The lowest BCUT2D eigenvalue weighted by molar-refractivity contribution is -0.550. The second-order valence-corrected chi connectivity index (χ2v) is 10.3. The summed E-state index contributed by atoms with van der Waals surface area (Å²) in [6.45, 7) is 4.47. The number of anilines is 3. The maximum absolute atomic E-state index is 13.0. The van der Waals surface area contributed by atoms with E-state index >= 15 is 0 Å². The molecular formula is C28H35N9O4. The van der Waals surface area contributed by atoms with Crippen molar-refractivity contribution in [3.05, 3.63) is 63.3 Å². The highest BCUT2D eigenvalue weighted by atomic mass is 16.7. The molecule has 3 aromatic rings. The van der Waals surface area contributed by atoms with Crippen LogP contribution in [0.5, 0.6) is 0 Å². The van der Waals surface area contributed by atoms with Crippen molar-refractivity contribution in [1.82, 2.24) is 30.5 Å². The van der Waals surface area contributed by atoms with Crippen LogP contribution in [-0.4, -0.2) is 77.2 Å². The standard InChI is InChI=1S/C26H28N8O4.C2H7N/c1-16(17-7-8-17)27-25(35)19-13-20-22(14-19)28-26(30-24(20)32-9-11-38-12-10-32)29-23-15-21(31-33(23)34(36)37)18-5-3-2-4-6-18;1-3-2/h2-6,14-17H,7-13H2,1H3,(H,27,35)(H,28,29,30);3H,1-2H3. The Hall–Kier alpha value is -4.36. The summed E-state index contributed by atoms with van der Waals surface area (Å²) in [5.74, 6) is 1.47. The topological polar surface area (TPSA) is 152 Å². The van der Waals surface area contributed by atoms with Gasteiger partial charge in [-0.25, -0.2) is 4.98 Å². The molecule has 0 bridgehead atoms. The molecule has 2 aliphatic carbocycles. The zero-order valence-electron chi connectivity index (χ0n) is 23.5. The van der Waals surface area contributed by atoms with Gasteiger partial charge in [0.1, 0.15) is 5.82 Å². The van der Waals surface area contributed by atoms with E-state index in [2.05, 4.69) is 30.9 Å². The molecule has 0 radical (unpaired) electrons. The van der Waals surface area contributed by atoms with Crippen molar-refractivity contribution < 1.29 is 14.6 Å². The number of ether oxygens (including phenoxy) is 1. The van der Waals surface area contributed by atoms with Crippen LogP contribution < -0.4 is 20.9 Å². The van der Waals surface area contributed by atoms with E-state index in [1.807, 2.05) is 51.4 Å². The molecule has 1 unspecified atom stereocenters. The van der Waals surface area contributed by atoms with Crippen molar-refractivity contribution in [3.8, 4) is 11.3 Å². The lowest BCUT2D eigenvalue weighted by atomic mass is 10.1. The van der Waals surface area contributed by atoms with Gasteiger partial charge in [0.2, 0.25) is 23.4 Å². The number of carbonyl (C=O) groups excluding carboxylic acids is 1. The molecule has 3 aliphatic rings. The van der Waals surface area contributed by atoms with Crippen molar-refractivity contribution in [2.45, 2.75) is 32.2 Å². The second kappa shape index (κ2) is 12.4. The molecule has 216 valence electrons. The zero-order valence-corrected chi connectivity index (χ0v) is 23.5. The van der Waals surface area contributed by atoms with Crippen molar-refractivity contribution in [1.29, 1.82) is 0 Å². The van der Waals surface area contributed by atoms with E-state index in [-0.39, 0.29) is 23.7 Å². The number of carbonyl (C=O) groups is 1. The molecule has 3 heterocycles. The van der Waals surface area contributed by atoms with E-state index in [1.54, 1.807) is 12.1 Å². The van der Waals surface area contributed by atoms with Crippen LogP contribution in [0.25, 0.3) is 17.3 Å². The Balaban J connectivity index is 0.00000108. The van der Waals surface area contributed by atoms with Crippen LogP contribution in [0.15, 0.2) is 42.0 Å². The van der Waals surface area contributed by atoms with E-state index in [0.717, 1.165) is 24.0 Å². The minimum Gasteiger partial charge on any atom is -0.378 e. The molecule has 1 aliphatic heterocycles. The molecule has 1 aromatic carbocycles. The first-order valence-electron chi connectivity index (χ1n) is 13.8. The number of rotatable bonds is 8. The van der Waals surface area contributed by atoms with Crippen molar-refractivity contribution in [2.24, 2.45) is 5.92 Å². The molecule has 1 saturated heterocycles. The van der Waals surface area contributed by atoms with Gasteiger partial charge in [-0.05, 0) is 45.9 Å². The fourth-order valence-electron chi connectivity index (χ4n) is 4.88. The molecule has 6 rings (SSSR count). The molecule has 41 heavy (non-hydrogen) atoms. The first-order valence-corrected chi connectivity index (χ1v) is 13.8. The fraction of sp³-hybridized carbons (Fsp3) is 0.429. The number of morpholine rings is 1. The van der Waals surface area contributed by atoms with E-state index in [4.69, 9.17) is 9.72 Å². The molecule has 1 atom stereocenters. The van der Waals surface area contributed by atoms with Gasteiger partial charge in [0.15, 0.2) is 0 Å². The summed E-state index contributed by atoms with van der Waals surface area (Å²) in [5.41, 5.74) is 3.33. The second-order valence-electron chi connectivity index (χ2n) is 10.3. The quantitative estimate of drug-likeness (QED) is 0.276. The van der Waals surface area contributed by atoms with Gasteiger partial charge in [-0.2, -0.15) is 4.98 Å². The average molecular weight is 562 g/mol. The van der Waals surface area contributed by atoms with E-state index in [9.17, 15) is 14.9 Å². The van der Waals surface area contributed by atoms with Gasteiger partial charge in [-0.1, -0.05) is 30.3 Å². The van der Waals surface area contributed by atoms with Gasteiger partial charge >= 0.3 is 0 Å². The average Bonchev–Trinajstić information content (AvgIpc) is 3.61. The van der Waals surface area contributed by atoms with Gasteiger partial charge in [-0.3, -0.25) is 4.79 Å². The number of hydrogen-bond acceptors (Lipinski definition) is 10. The van der Waals surface area contributed by atoms with Gasteiger partial charge in [-0.15, -0.1) is 0 Å². The number of nitro groups is 1. The van der Waals surface area contributed by atoms with Gasteiger partial charge in [0, 0.05) is 53.1 Å². The Morgan fingerprint density at radius 1 is 1.15 bits per heavy atom. The normalized spacial score (nSPS) is 16.7. The molecule has 13 heteroatoms. The van der Waals surface area contributed by atoms with E-state index < -0.39 is 5.03 Å². The van der Waals surface area contributed by atoms with Crippen LogP contribution in [0.2, 0.25) is 0 Å². The molecule has 2 fully saturated rings. The predicted octanol–water partition coefficient (Wildman–Crippen LogP) is 2.65. The largest absolute Gasteiger partial charge is 0.378 e. The number of nitrogens with zero attached hydrogens (tertiary/aromatic N) is 6. The molecule has 0 spiro atoms. The first kappa shape index (κ1) is 28.2. The SMILES string of the molecule is CC(NC(=O)C1=Cc2nc(Nc3cc(-c4ccccc4)nn3[N+](=O)[O-])nc(N3CCOCC3)c2C1)C1CC1.CNC. The van der Waals surface area contributed by atoms with Gasteiger partial charge < -0.3 is 35.7 Å². The number of benzene rings is 1. The van der Waals surface area contributed by atoms with Crippen LogP contribution in [0.1, 0.15) is 31.0 Å². The zero-order chi connectivity index (χ0) is 28.9. The highest BCUT2D eigenvalue weighted by Gasteiger charge is 2.32. The minimum absolute atomic E-state index is 0.0937. The number of hydrogen-bond donors (Lipinski definition) is 3. The maximum atomic E-state index is 13.0. The number of amides is 1. The Labute approximate surface area is 238 Å². The summed E-state index contributed by atoms with van der Waals surface area (Å²) in [7, 11) is 3.75. The number of nitrogens with one attached hydrogen (secondary N) is 3. The van der Waals surface area contributed by atoms with Crippen LogP contribution in [0.3, 0.4) is 0 Å². The molecular weight excluding hydrogens is 526 g/mol. The Morgan fingerprint density at radius 2 is 1.85 bits per heavy atom. The summed E-state index contributed by atoms with van der Waals surface area (Å²) in [5, 5.41) is 24.2. The van der Waals surface area contributed by atoms with Crippen LogP contribution in [0, 0.1) is 16.0 Å². The third kappa shape index (κ3) is 6.52. The molecule has 1 amide bonds. The van der Waals surface area contributed by atoms with Crippen LogP contribution >= 0.6 is 0 Å². The maximum Gasteiger partial charge on any atom is 0.247 e. The molecule has 13 nitrogen and oxygen atoms in total. The Bertz CT molecular complexity index is 1430. The summed E-state index contributed by atoms with van der Waals surface area (Å²) in [4.78, 5) is 37.0. The predicted molar refractivity (Wildman–Crippen MR) is 155 cm³/mol. The highest BCUT2D eigenvalue weighted by Crippen LogP contribution is 2.35. The van der Waals surface area contributed by atoms with Crippen LogP contribution in [-0.2, 0) is 16.0 Å². The molecule has 3 N–H and O–H groups in total. The monoisotopic (exact) mass is 561 g/mol. The first-order chi connectivity index (χ1) is 19.9. The summed E-state index contributed by atoms with van der Waals surface area (Å²) < 4.78 is 5.52. The molecule has 2 aromatic heterocycles. The van der Waals surface area contributed by atoms with E-state index in [0.29, 0.717) is 66.2 Å². The summed E-state index contributed by atoms with van der Waals surface area (Å²) in [6, 6.07) is 11.0. The van der Waals surface area contributed by atoms with Gasteiger partial charge in [0.25, 0.3) is 0 Å².